The molecular weight excluding hydrogens is 402 g/mol. The Bertz CT molecular complexity index is 746. The molecule has 1 aliphatic rings. The lowest BCUT2D eigenvalue weighted by molar-refractivity contribution is 0.167. The molecule has 0 aromatic heterocycles. The normalized spacial score (nSPS) is 16.8. The maximum absolute atomic E-state index is 11.2. The highest BCUT2D eigenvalue weighted by Crippen LogP contribution is 2.26. The van der Waals surface area contributed by atoms with Gasteiger partial charge in [0.25, 0.3) is 0 Å². The molecule has 0 amide bonds. The first-order valence-electron chi connectivity index (χ1n) is 10.8. The molecule has 0 spiro atoms. The largest absolute Gasteiger partial charge is 0.497 e. The fourth-order valence-electron chi connectivity index (χ4n) is 3.56. The maximum atomic E-state index is 11.2. The van der Waals surface area contributed by atoms with Crippen LogP contribution >= 0.6 is 0 Å². The zero-order valence-corrected chi connectivity index (χ0v) is 19.3. The summed E-state index contributed by atoms with van der Waals surface area (Å²) in [7, 11) is -1.46. The summed E-state index contributed by atoms with van der Waals surface area (Å²) >= 11 is 0. The predicted molar refractivity (Wildman–Crippen MR) is 123 cm³/mol. The summed E-state index contributed by atoms with van der Waals surface area (Å²) in [6, 6.07) is 8.50. The van der Waals surface area contributed by atoms with Gasteiger partial charge in [0.1, 0.15) is 5.75 Å². The van der Waals surface area contributed by atoms with Gasteiger partial charge in [-0.15, -0.1) is 0 Å². The molecule has 3 N–H and O–H groups in total. The van der Waals surface area contributed by atoms with E-state index in [0.717, 1.165) is 31.3 Å². The van der Waals surface area contributed by atoms with Crippen LogP contribution < -0.4 is 20.1 Å². The van der Waals surface area contributed by atoms with Crippen LogP contribution in [0.3, 0.4) is 0 Å². The predicted octanol–water partition coefficient (Wildman–Crippen LogP) is 1.72. The highest BCUT2D eigenvalue weighted by atomic mass is 32.2. The average molecular weight is 440 g/mol. The molecule has 9 heteroatoms. The van der Waals surface area contributed by atoms with Gasteiger partial charge in [-0.1, -0.05) is 18.6 Å². The zero-order valence-electron chi connectivity index (χ0n) is 18.5. The van der Waals surface area contributed by atoms with Crippen molar-refractivity contribution < 1.29 is 13.2 Å². The molecule has 2 rings (SSSR count). The molecule has 1 unspecified atom stereocenters. The number of nitrogens with zero attached hydrogens (tertiary/aromatic N) is 2. The summed E-state index contributed by atoms with van der Waals surface area (Å²) in [5.74, 6) is 1.62. The third-order valence-electron chi connectivity index (χ3n) is 5.11. The molecule has 1 atom stereocenters. The number of aliphatic imine (C=N–C) groups is 1. The molecule has 30 heavy (non-hydrogen) atoms. The molecule has 170 valence electrons. The third kappa shape index (κ3) is 8.89. The van der Waals surface area contributed by atoms with E-state index in [1.54, 1.807) is 7.11 Å². The molecule has 1 saturated heterocycles. The Labute approximate surface area is 181 Å². The number of hydrogen-bond acceptors (Lipinski definition) is 5. The zero-order chi connectivity index (χ0) is 21.8. The van der Waals surface area contributed by atoms with Crippen LogP contribution in [0, 0.1) is 0 Å². The SMILES string of the molecule is CCNC(=NCC(c1ccc(OC)cc1)N1CCCCC1)NCCCNS(C)(=O)=O. The van der Waals surface area contributed by atoms with E-state index >= 15 is 0 Å². The van der Waals surface area contributed by atoms with Gasteiger partial charge in [-0.25, -0.2) is 13.1 Å². The van der Waals surface area contributed by atoms with E-state index < -0.39 is 10.0 Å². The Balaban J connectivity index is 2.01. The van der Waals surface area contributed by atoms with Gasteiger partial charge in [0.15, 0.2) is 5.96 Å². The number of methoxy groups -OCH3 is 1. The van der Waals surface area contributed by atoms with Crippen LogP contribution in [0.4, 0.5) is 0 Å². The average Bonchev–Trinajstić information content (AvgIpc) is 2.74. The Morgan fingerprint density at radius 2 is 1.83 bits per heavy atom. The molecule has 0 radical (unpaired) electrons. The van der Waals surface area contributed by atoms with Gasteiger partial charge < -0.3 is 15.4 Å². The van der Waals surface area contributed by atoms with Gasteiger partial charge in [-0.2, -0.15) is 0 Å². The molecule has 1 fully saturated rings. The van der Waals surface area contributed by atoms with Crippen LogP contribution in [0.25, 0.3) is 0 Å². The van der Waals surface area contributed by atoms with Crippen molar-refractivity contribution in [2.45, 2.75) is 38.6 Å². The van der Waals surface area contributed by atoms with Crippen LogP contribution in [0.2, 0.25) is 0 Å². The minimum Gasteiger partial charge on any atom is -0.497 e. The summed E-state index contributed by atoms with van der Waals surface area (Å²) in [6.07, 6.45) is 5.60. The molecule has 0 saturated carbocycles. The minimum absolute atomic E-state index is 0.221. The number of piperidine rings is 1. The monoisotopic (exact) mass is 439 g/mol. The molecular formula is C21H37N5O3S. The molecule has 1 aliphatic heterocycles. The van der Waals surface area contributed by atoms with E-state index in [-0.39, 0.29) is 6.04 Å². The number of likely N-dealkylation sites (tertiary alicyclic amines) is 1. The fourth-order valence-corrected chi connectivity index (χ4v) is 4.08. The van der Waals surface area contributed by atoms with E-state index in [9.17, 15) is 8.42 Å². The van der Waals surface area contributed by atoms with Crippen LogP contribution in [0.15, 0.2) is 29.3 Å². The van der Waals surface area contributed by atoms with E-state index in [0.29, 0.717) is 26.1 Å². The van der Waals surface area contributed by atoms with E-state index in [4.69, 9.17) is 9.73 Å². The van der Waals surface area contributed by atoms with Crippen molar-refractivity contribution >= 4 is 16.0 Å². The Morgan fingerprint density at radius 1 is 1.13 bits per heavy atom. The van der Waals surface area contributed by atoms with Gasteiger partial charge in [-0.05, 0) is 57.0 Å². The van der Waals surface area contributed by atoms with Crippen molar-refractivity contribution in [3.05, 3.63) is 29.8 Å². The standard InChI is InChI=1S/C21H37N5O3S/c1-4-22-21(23-13-8-14-25-30(3,27)28)24-17-20(26-15-6-5-7-16-26)18-9-11-19(29-2)12-10-18/h9-12,20,25H,4-8,13-17H2,1-3H3,(H2,22,23,24). The highest BCUT2D eigenvalue weighted by molar-refractivity contribution is 7.88. The van der Waals surface area contributed by atoms with E-state index in [1.165, 1.54) is 31.1 Å². The summed E-state index contributed by atoms with van der Waals surface area (Å²) in [5, 5.41) is 6.58. The highest BCUT2D eigenvalue weighted by Gasteiger charge is 2.22. The van der Waals surface area contributed by atoms with Crippen molar-refractivity contribution in [3.8, 4) is 5.75 Å². The summed E-state index contributed by atoms with van der Waals surface area (Å²) in [4.78, 5) is 7.36. The molecule has 1 heterocycles. The molecule has 0 bridgehead atoms. The quantitative estimate of drug-likeness (QED) is 0.276. The smallest absolute Gasteiger partial charge is 0.208 e. The Morgan fingerprint density at radius 3 is 2.43 bits per heavy atom. The lowest BCUT2D eigenvalue weighted by Gasteiger charge is -2.34. The first-order chi connectivity index (χ1) is 14.4. The maximum Gasteiger partial charge on any atom is 0.208 e. The van der Waals surface area contributed by atoms with Crippen molar-refractivity contribution in [1.29, 1.82) is 0 Å². The number of benzene rings is 1. The first-order valence-corrected chi connectivity index (χ1v) is 12.7. The number of rotatable bonds is 11. The summed E-state index contributed by atoms with van der Waals surface area (Å²) in [5.41, 5.74) is 1.25. The number of sulfonamides is 1. The molecule has 1 aromatic rings. The van der Waals surface area contributed by atoms with Gasteiger partial charge in [-0.3, -0.25) is 9.89 Å². The van der Waals surface area contributed by atoms with Crippen molar-refractivity contribution in [2.24, 2.45) is 4.99 Å². The number of guanidine groups is 1. The van der Waals surface area contributed by atoms with Crippen LogP contribution in [0.1, 0.15) is 44.2 Å². The van der Waals surface area contributed by atoms with E-state index in [1.807, 2.05) is 19.1 Å². The third-order valence-corrected chi connectivity index (χ3v) is 5.84. The van der Waals surface area contributed by atoms with E-state index in [2.05, 4.69) is 32.4 Å². The lowest BCUT2D eigenvalue weighted by Crippen LogP contribution is -2.40. The fraction of sp³-hybridized carbons (Fsp3) is 0.667. The van der Waals surface area contributed by atoms with Crippen LogP contribution in [0.5, 0.6) is 5.75 Å². The van der Waals surface area contributed by atoms with Crippen molar-refractivity contribution in [3.63, 3.8) is 0 Å². The summed E-state index contributed by atoms with van der Waals surface area (Å²) in [6.45, 7) is 6.70. The van der Waals surface area contributed by atoms with Gasteiger partial charge >= 0.3 is 0 Å². The Kier molecular flexibility index (Phi) is 10.4. The topological polar surface area (TPSA) is 95.1 Å². The molecule has 1 aromatic carbocycles. The second-order valence-electron chi connectivity index (χ2n) is 7.55. The number of hydrogen-bond donors (Lipinski definition) is 3. The molecule has 0 aliphatic carbocycles. The first kappa shape index (κ1) is 24.4. The number of ether oxygens (including phenoxy) is 1. The van der Waals surface area contributed by atoms with Gasteiger partial charge in [0.05, 0.1) is 26.0 Å². The van der Waals surface area contributed by atoms with Crippen LogP contribution in [-0.4, -0.2) is 71.9 Å². The summed E-state index contributed by atoms with van der Waals surface area (Å²) < 4.78 is 30.1. The number of nitrogens with one attached hydrogen (secondary N) is 3. The minimum atomic E-state index is -3.14. The Hall–Kier alpha value is -1.84. The van der Waals surface area contributed by atoms with Gasteiger partial charge in [0.2, 0.25) is 10.0 Å². The second kappa shape index (κ2) is 12.8. The van der Waals surface area contributed by atoms with Crippen LogP contribution in [-0.2, 0) is 10.0 Å². The molecule has 8 nitrogen and oxygen atoms in total. The van der Waals surface area contributed by atoms with Crippen molar-refractivity contribution in [2.75, 3.05) is 52.6 Å². The van der Waals surface area contributed by atoms with Crippen molar-refractivity contribution in [1.82, 2.24) is 20.3 Å². The second-order valence-corrected chi connectivity index (χ2v) is 9.39. The van der Waals surface area contributed by atoms with Gasteiger partial charge in [0, 0.05) is 19.6 Å². The lowest BCUT2D eigenvalue weighted by atomic mass is 10.0.